The highest BCUT2D eigenvalue weighted by atomic mass is 16.2. The molecule has 3 N–H and O–H groups in total. The lowest BCUT2D eigenvalue weighted by Crippen LogP contribution is -2.70. The second-order valence-corrected chi connectivity index (χ2v) is 7.34. The van der Waals surface area contributed by atoms with Gasteiger partial charge in [-0.3, -0.25) is 9.78 Å². The predicted octanol–water partition coefficient (Wildman–Crippen LogP) is 2.30. The summed E-state index contributed by atoms with van der Waals surface area (Å²) in [6, 6.07) is 11.5. The Labute approximate surface area is 152 Å². The van der Waals surface area contributed by atoms with Gasteiger partial charge in [-0.15, -0.1) is 0 Å². The molecule has 3 aliphatic carbocycles. The number of aromatic nitrogens is 1. The van der Waals surface area contributed by atoms with Gasteiger partial charge in [-0.05, 0) is 60.1 Å². The SMILES string of the molecule is NC(=O)NCC(=O)N(Cc1cccc(-c2ccncc2)c1)C12CC(C1)C2. The van der Waals surface area contributed by atoms with Crippen molar-refractivity contribution < 1.29 is 9.59 Å². The minimum absolute atomic E-state index is 0.0201. The van der Waals surface area contributed by atoms with Crippen LogP contribution in [0.2, 0.25) is 0 Å². The third-order valence-corrected chi connectivity index (χ3v) is 5.57. The van der Waals surface area contributed by atoms with Gasteiger partial charge >= 0.3 is 6.03 Å². The van der Waals surface area contributed by atoms with Gasteiger partial charge in [0.2, 0.25) is 5.91 Å². The molecule has 0 aliphatic heterocycles. The molecule has 1 aromatic heterocycles. The lowest BCUT2D eigenvalue weighted by Gasteiger charge is -2.66. The number of primary amides is 1. The first-order valence-corrected chi connectivity index (χ1v) is 8.89. The van der Waals surface area contributed by atoms with Gasteiger partial charge in [0.25, 0.3) is 0 Å². The zero-order valence-electron chi connectivity index (χ0n) is 14.5. The highest BCUT2D eigenvalue weighted by Crippen LogP contribution is 2.60. The van der Waals surface area contributed by atoms with Crippen LogP contribution in [0.3, 0.4) is 0 Å². The summed E-state index contributed by atoms with van der Waals surface area (Å²) >= 11 is 0. The number of carbonyl (C=O) groups excluding carboxylic acids is 2. The van der Waals surface area contributed by atoms with Crippen LogP contribution in [0.4, 0.5) is 4.79 Å². The van der Waals surface area contributed by atoms with Crippen LogP contribution in [0.15, 0.2) is 48.8 Å². The summed E-state index contributed by atoms with van der Waals surface area (Å²) in [5, 5.41) is 2.43. The first-order chi connectivity index (χ1) is 12.6. The molecular formula is C20H22N4O2. The first-order valence-electron chi connectivity index (χ1n) is 8.89. The fourth-order valence-corrected chi connectivity index (χ4v) is 4.12. The molecule has 5 rings (SSSR count). The molecular weight excluding hydrogens is 328 g/mol. The van der Waals surface area contributed by atoms with Crippen LogP contribution in [-0.4, -0.2) is 33.9 Å². The molecule has 2 aromatic rings. The topological polar surface area (TPSA) is 88.3 Å². The molecule has 3 saturated carbocycles. The summed E-state index contributed by atoms with van der Waals surface area (Å²) in [7, 11) is 0. The molecule has 1 aromatic carbocycles. The summed E-state index contributed by atoms with van der Waals surface area (Å²) in [5.41, 5.74) is 8.38. The second-order valence-electron chi connectivity index (χ2n) is 7.34. The highest BCUT2D eigenvalue weighted by molar-refractivity contribution is 5.84. The zero-order chi connectivity index (χ0) is 18.1. The van der Waals surface area contributed by atoms with E-state index < -0.39 is 6.03 Å². The van der Waals surface area contributed by atoms with E-state index in [1.54, 1.807) is 12.4 Å². The average Bonchev–Trinajstić information content (AvgIpc) is 2.57. The fraction of sp³-hybridized carbons (Fsp3) is 0.350. The van der Waals surface area contributed by atoms with Crippen molar-refractivity contribution in [3.63, 3.8) is 0 Å². The van der Waals surface area contributed by atoms with Crippen molar-refractivity contribution in [3.05, 3.63) is 54.4 Å². The average molecular weight is 350 g/mol. The maximum atomic E-state index is 12.7. The summed E-state index contributed by atoms with van der Waals surface area (Å²) < 4.78 is 0. The van der Waals surface area contributed by atoms with E-state index in [-0.39, 0.29) is 18.0 Å². The standard InChI is InChI=1S/C20H22N4O2/c21-19(26)23-12-18(25)24(20-9-15(10-20)11-20)13-14-2-1-3-17(8-14)16-4-6-22-7-5-16/h1-8,15H,9-13H2,(H3,21,23,26). The molecule has 0 atom stereocenters. The molecule has 3 aliphatic rings. The van der Waals surface area contributed by atoms with Gasteiger partial charge in [0.05, 0.1) is 6.54 Å². The van der Waals surface area contributed by atoms with Crippen molar-refractivity contribution in [2.45, 2.75) is 31.3 Å². The van der Waals surface area contributed by atoms with Crippen LogP contribution in [0.1, 0.15) is 24.8 Å². The van der Waals surface area contributed by atoms with E-state index in [1.807, 2.05) is 29.2 Å². The molecule has 3 fully saturated rings. The number of urea groups is 1. The number of nitrogens with zero attached hydrogens (tertiary/aromatic N) is 2. The van der Waals surface area contributed by atoms with E-state index in [1.165, 1.54) is 0 Å². The van der Waals surface area contributed by atoms with Crippen molar-refractivity contribution in [2.24, 2.45) is 11.7 Å². The van der Waals surface area contributed by atoms with Gasteiger partial charge in [-0.25, -0.2) is 4.79 Å². The van der Waals surface area contributed by atoms with E-state index in [0.717, 1.165) is 41.9 Å². The van der Waals surface area contributed by atoms with Crippen molar-refractivity contribution in [3.8, 4) is 11.1 Å². The van der Waals surface area contributed by atoms with Gasteiger partial charge in [0.1, 0.15) is 0 Å². The van der Waals surface area contributed by atoms with Gasteiger partial charge < -0.3 is 16.0 Å². The molecule has 3 amide bonds. The van der Waals surface area contributed by atoms with E-state index in [0.29, 0.717) is 6.54 Å². The molecule has 0 saturated heterocycles. The van der Waals surface area contributed by atoms with E-state index in [2.05, 4.69) is 22.4 Å². The minimum Gasteiger partial charge on any atom is -0.352 e. The lowest BCUT2D eigenvalue weighted by molar-refractivity contribution is -0.173. The number of benzene rings is 1. The highest BCUT2D eigenvalue weighted by Gasteiger charge is 2.60. The molecule has 1 heterocycles. The van der Waals surface area contributed by atoms with Crippen LogP contribution >= 0.6 is 0 Å². The molecule has 6 heteroatoms. The minimum atomic E-state index is -0.671. The number of hydrogen-bond donors (Lipinski definition) is 2. The third kappa shape index (κ3) is 3.03. The number of carbonyl (C=O) groups is 2. The Bertz CT molecular complexity index is 820. The summed E-state index contributed by atoms with van der Waals surface area (Å²) in [6.07, 6.45) is 6.75. The van der Waals surface area contributed by atoms with Gasteiger partial charge in [-0.1, -0.05) is 18.2 Å². The zero-order valence-corrected chi connectivity index (χ0v) is 14.5. The molecule has 2 bridgehead atoms. The molecule has 0 spiro atoms. The maximum absolute atomic E-state index is 12.7. The predicted molar refractivity (Wildman–Crippen MR) is 97.9 cm³/mol. The van der Waals surface area contributed by atoms with E-state index in [4.69, 9.17) is 5.73 Å². The summed E-state index contributed by atoms with van der Waals surface area (Å²) in [4.78, 5) is 29.7. The molecule has 0 unspecified atom stereocenters. The normalized spacial score (nSPS) is 22.7. The largest absolute Gasteiger partial charge is 0.352 e. The summed E-state index contributed by atoms with van der Waals surface area (Å²) in [5.74, 6) is 0.689. The number of hydrogen-bond acceptors (Lipinski definition) is 3. The van der Waals surface area contributed by atoms with Crippen molar-refractivity contribution in [1.82, 2.24) is 15.2 Å². The van der Waals surface area contributed by atoms with Gasteiger partial charge in [0.15, 0.2) is 0 Å². The molecule has 134 valence electrons. The smallest absolute Gasteiger partial charge is 0.312 e. The Morgan fingerprint density at radius 3 is 2.50 bits per heavy atom. The van der Waals surface area contributed by atoms with Crippen molar-refractivity contribution in [2.75, 3.05) is 6.54 Å². The maximum Gasteiger partial charge on any atom is 0.312 e. The Morgan fingerprint density at radius 1 is 1.15 bits per heavy atom. The van der Waals surface area contributed by atoms with Crippen LogP contribution in [-0.2, 0) is 11.3 Å². The van der Waals surface area contributed by atoms with E-state index >= 15 is 0 Å². The number of nitrogens with two attached hydrogens (primary N) is 1. The summed E-state index contributed by atoms with van der Waals surface area (Å²) in [6.45, 7) is 0.497. The number of nitrogens with one attached hydrogen (secondary N) is 1. The Kier molecular flexibility index (Phi) is 4.11. The van der Waals surface area contributed by atoms with Crippen molar-refractivity contribution >= 4 is 11.9 Å². The Balaban J connectivity index is 1.54. The van der Waals surface area contributed by atoms with Crippen LogP contribution in [0, 0.1) is 5.92 Å². The monoisotopic (exact) mass is 350 g/mol. The van der Waals surface area contributed by atoms with Gasteiger partial charge in [-0.2, -0.15) is 0 Å². The third-order valence-electron chi connectivity index (χ3n) is 5.57. The van der Waals surface area contributed by atoms with Crippen LogP contribution in [0.25, 0.3) is 11.1 Å². The lowest BCUT2D eigenvalue weighted by atomic mass is 9.49. The van der Waals surface area contributed by atoms with E-state index in [9.17, 15) is 9.59 Å². The van der Waals surface area contributed by atoms with Crippen LogP contribution in [0.5, 0.6) is 0 Å². The second kappa shape index (κ2) is 6.44. The molecule has 26 heavy (non-hydrogen) atoms. The number of pyridine rings is 1. The number of rotatable bonds is 6. The first kappa shape index (κ1) is 16.6. The van der Waals surface area contributed by atoms with Crippen molar-refractivity contribution in [1.29, 1.82) is 0 Å². The Hall–Kier alpha value is -2.89. The number of amides is 3. The van der Waals surface area contributed by atoms with Crippen LogP contribution < -0.4 is 11.1 Å². The molecule has 6 nitrogen and oxygen atoms in total. The van der Waals surface area contributed by atoms with Gasteiger partial charge in [0, 0.05) is 24.5 Å². The fourth-order valence-electron chi connectivity index (χ4n) is 4.12. The Morgan fingerprint density at radius 2 is 1.88 bits per heavy atom. The molecule has 0 radical (unpaired) electrons. The quantitative estimate of drug-likeness (QED) is 0.838.